The lowest BCUT2D eigenvalue weighted by Crippen LogP contribution is -2.50. The molecule has 0 amide bonds. The predicted octanol–water partition coefficient (Wildman–Crippen LogP) is 3.66. The zero-order chi connectivity index (χ0) is 22.8. The first-order valence-electron chi connectivity index (χ1n) is 10.3. The van der Waals surface area contributed by atoms with E-state index in [1.807, 2.05) is 11.8 Å². The number of halogens is 2. The number of rotatable bonds is 5. The number of aromatic nitrogens is 2. The molecule has 3 heterocycles. The summed E-state index contributed by atoms with van der Waals surface area (Å²) in [7, 11) is 1.68. The Labute approximate surface area is 189 Å². The molecule has 32 heavy (non-hydrogen) atoms. The third kappa shape index (κ3) is 4.27. The van der Waals surface area contributed by atoms with Crippen LogP contribution in [0.2, 0.25) is 5.02 Å². The van der Waals surface area contributed by atoms with E-state index in [1.165, 1.54) is 22.8 Å². The first-order chi connectivity index (χ1) is 15.4. The van der Waals surface area contributed by atoms with Gasteiger partial charge in [-0.15, -0.1) is 0 Å². The van der Waals surface area contributed by atoms with Crippen molar-refractivity contribution in [2.24, 2.45) is 7.05 Å². The molecule has 0 saturated carbocycles. The molecule has 0 bridgehead atoms. The van der Waals surface area contributed by atoms with Crippen LogP contribution >= 0.6 is 11.6 Å². The van der Waals surface area contributed by atoms with Crippen LogP contribution in [0, 0.1) is 17.1 Å². The van der Waals surface area contributed by atoms with Gasteiger partial charge in [0.25, 0.3) is 5.56 Å². The van der Waals surface area contributed by atoms with Gasteiger partial charge in [0.05, 0.1) is 16.2 Å². The summed E-state index contributed by atoms with van der Waals surface area (Å²) < 4.78 is 27.3. The Morgan fingerprint density at radius 3 is 2.81 bits per heavy atom. The van der Waals surface area contributed by atoms with Crippen LogP contribution in [0.4, 0.5) is 10.1 Å². The summed E-state index contributed by atoms with van der Waals surface area (Å²) >= 11 is 5.77. The molecule has 0 radical (unpaired) electrons. The number of benzene rings is 1. The largest absolute Gasteiger partial charge is 0.487 e. The number of fused-ring (bicyclic) bond motifs is 1. The minimum absolute atomic E-state index is 0.0373. The number of pyridine rings is 2. The topological polar surface area (TPSA) is 80.4 Å². The molecule has 1 aliphatic heterocycles. The SMILES string of the molecule is CCO[C@H]1CN(c2cc(=O)n(C)c3ccc(C#N)nc23)CC[C@@H]1Oc1ccc(Cl)c(F)c1. The van der Waals surface area contributed by atoms with E-state index < -0.39 is 5.82 Å². The van der Waals surface area contributed by atoms with Crippen molar-refractivity contribution in [1.82, 2.24) is 9.55 Å². The van der Waals surface area contributed by atoms with Crippen LogP contribution in [0.1, 0.15) is 19.0 Å². The van der Waals surface area contributed by atoms with Gasteiger partial charge in [0.1, 0.15) is 41.1 Å². The molecule has 1 fully saturated rings. The minimum Gasteiger partial charge on any atom is -0.487 e. The van der Waals surface area contributed by atoms with Crippen molar-refractivity contribution in [2.75, 3.05) is 24.6 Å². The van der Waals surface area contributed by atoms with Crippen molar-refractivity contribution in [1.29, 1.82) is 5.26 Å². The Bertz CT molecular complexity index is 1260. The predicted molar refractivity (Wildman–Crippen MR) is 120 cm³/mol. The number of anilines is 1. The van der Waals surface area contributed by atoms with Gasteiger partial charge >= 0.3 is 0 Å². The highest BCUT2D eigenvalue weighted by Gasteiger charge is 2.33. The van der Waals surface area contributed by atoms with E-state index in [0.29, 0.717) is 48.6 Å². The highest BCUT2D eigenvalue weighted by molar-refractivity contribution is 6.30. The van der Waals surface area contributed by atoms with Gasteiger partial charge in [-0.1, -0.05) is 11.6 Å². The lowest BCUT2D eigenvalue weighted by atomic mass is 10.0. The molecule has 0 unspecified atom stereocenters. The summed E-state index contributed by atoms with van der Waals surface area (Å²) in [6.07, 6.45) is -0.0261. The lowest BCUT2D eigenvalue weighted by Gasteiger charge is -2.39. The lowest BCUT2D eigenvalue weighted by molar-refractivity contribution is -0.0280. The maximum atomic E-state index is 13.8. The molecule has 4 rings (SSSR count). The molecule has 9 heteroatoms. The van der Waals surface area contributed by atoms with Crippen LogP contribution in [0.3, 0.4) is 0 Å². The highest BCUT2D eigenvalue weighted by atomic mass is 35.5. The van der Waals surface area contributed by atoms with E-state index in [-0.39, 0.29) is 28.5 Å². The molecule has 7 nitrogen and oxygen atoms in total. The van der Waals surface area contributed by atoms with Crippen LogP contribution in [-0.4, -0.2) is 41.5 Å². The number of hydrogen-bond donors (Lipinski definition) is 0. The summed E-state index contributed by atoms with van der Waals surface area (Å²) in [5, 5.41) is 9.32. The summed E-state index contributed by atoms with van der Waals surface area (Å²) in [6, 6.07) is 11.3. The molecular formula is C23H22ClFN4O3. The number of nitriles is 1. The van der Waals surface area contributed by atoms with Crippen LogP contribution < -0.4 is 15.2 Å². The average Bonchev–Trinajstić information content (AvgIpc) is 2.79. The number of nitrogens with zero attached hydrogens (tertiary/aromatic N) is 4. The van der Waals surface area contributed by atoms with Gasteiger partial charge < -0.3 is 18.9 Å². The van der Waals surface area contributed by atoms with Gasteiger partial charge in [-0.25, -0.2) is 9.37 Å². The number of hydrogen-bond acceptors (Lipinski definition) is 6. The van der Waals surface area contributed by atoms with Crippen LogP contribution in [-0.2, 0) is 11.8 Å². The molecule has 0 aliphatic carbocycles. The Morgan fingerprint density at radius 2 is 2.09 bits per heavy atom. The van der Waals surface area contributed by atoms with Gasteiger partial charge in [-0.05, 0) is 31.2 Å². The first-order valence-corrected chi connectivity index (χ1v) is 10.7. The van der Waals surface area contributed by atoms with Crippen molar-refractivity contribution in [3.8, 4) is 11.8 Å². The molecule has 1 saturated heterocycles. The van der Waals surface area contributed by atoms with Crippen molar-refractivity contribution in [2.45, 2.75) is 25.6 Å². The fourth-order valence-corrected chi connectivity index (χ4v) is 4.08. The third-order valence-electron chi connectivity index (χ3n) is 5.58. The zero-order valence-electron chi connectivity index (χ0n) is 17.7. The molecule has 166 valence electrons. The molecule has 3 aromatic rings. The summed E-state index contributed by atoms with van der Waals surface area (Å²) in [6.45, 7) is 3.40. The summed E-state index contributed by atoms with van der Waals surface area (Å²) in [5.74, 6) is -0.157. The second-order valence-corrected chi connectivity index (χ2v) is 7.97. The zero-order valence-corrected chi connectivity index (χ0v) is 18.5. The smallest absolute Gasteiger partial charge is 0.252 e. The fraction of sp³-hybridized carbons (Fsp3) is 0.348. The standard InChI is InChI=1S/C23H22ClFN4O3/c1-3-31-21-13-29(9-8-20(21)32-15-5-6-16(24)17(25)10-15)19-11-22(30)28(2)18-7-4-14(12-26)27-23(18)19/h4-7,10-11,20-21H,3,8-9,13H2,1-2H3/t20-,21-/m0/s1. The molecule has 0 N–H and O–H groups in total. The quantitative estimate of drug-likeness (QED) is 0.583. The first kappa shape index (κ1) is 22.1. The van der Waals surface area contributed by atoms with Crippen LogP contribution in [0.25, 0.3) is 11.0 Å². The van der Waals surface area contributed by atoms with Gasteiger partial charge in [0.2, 0.25) is 0 Å². The number of ether oxygens (including phenoxy) is 2. The van der Waals surface area contributed by atoms with Gasteiger partial charge in [0.15, 0.2) is 0 Å². The molecule has 1 aliphatic rings. The third-order valence-corrected chi connectivity index (χ3v) is 5.89. The Kier molecular flexibility index (Phi) is 6.31. The van der Waals surface area contributed by atoms with Gasteiger partial charge in [-0.3, -0.25) is 4.79 Å². The van der Waals surface area contributed by atoms with Crippen molar-refractivity contribution >= 4 is 28.3 Å². The van der Waals surface area contributed by atoms with Crippen molar-refractivity contribution in [3.63, 3.8) is 0 Å². The summed E-state index contributed by atoms with van der Waals surface area (Å²) in [4.78, 5) is 19.1. The highest BCUT2D eigenvalue weighted by Crippen LogP contribution is 2.30. The number of aryl methyl sites for hydroxylation is 1. The average molecular weight is 457 g/mol. The monoisotopic (exact) mass is 456 g/mol. The maximum Gasteiger partial charge on any atom is 0.252 e. The number of piperidine rings is 1. The van der Waals surface area contributed by atoms with E-state index in [9.17, 15) is 14.4 Å². The van der Waals surface area contributed by atoms with E-state index in [4.69, 9.17) is 21.1 Å². The Hall–Kier alpha value is -3.15. The van der Waals surface area contributed by atoms with E-state index in [0.717, 1.165) is 0 Å². The van der Waals surface area contributed by atoms with Crippen molar-refractivity contribution in [3.05, 3.63) is 63.3 Å². The Balaban J connectivity index is 1.65. The normalized spacial score (nSPS) is 18.5. The molecular weight excluding hydrogens is 435 g/mol. The fourth-order valence-electron chi connectivity index (χ4n) is 3.96. The molecule has 2 aromatic heterocycles. The van der Waals surface area contributed by atoms with E-state index in [1.54, 1.807) is 25.2 Å². The molecule has 2 atom stereocenters. The maximum absolute atomic E-state index is 13.8. The van der Waals surface area contributed by atoms with Crippen LogP contribution in [0.15, 0.2) is 41.2 Å². The van der Waals surface area contributed by atoms with E-state index in [2.05, 4.69) is 11.1 Å². The van der Waals surface area contributed by atoms with Crippen LogP contribution in [0.5, 0.6) is 5.75 Å². The van der Waals surface area contributed by atoms with Crippen molar-refractivity contribution < 1.29 is 13.9 Å². The molecule has 1 aromatic carbocycles. The van der Waals surface area contributed by atoms with E-state index >= 15 is 0 Å². The summed E-state index contributed by atoms with van der Waals surface area (Å²) in [5.41, 5.74) is 2.00. The van der Waals surface area contributed by atoms with Gasteiger partial charge in [-0.2, -0.15) is 5.26 Å². The minimum atomic E-state index is -0.541. The Morgan fingerprint density at radius 1 is 1.28 bits per heavy atom. The second-order valence-electron chi connectivity index (χ2n) is 7.56. The second kappa shape index (κ2) is 9.15. The molecule has 0 spiro atoms. The van der Waals surface area contributed by atoms with Gasteiger partial charge in [0, 0.05) is 45.3 Å².